The van der Waals surface area contributed by atoms with E-state index in [4.69, 9.17) is 4.74 Å². The quantitative estimate of drug-likeness (QED) is 0.924. The molecule has 1 N–H and O–H groups in total. The van der Waals surface area contributed by atoms with Gasteiger partial charge < -0.3 is 14.7 Å². The Morgan fingerprint density at radius 1 is 1.17 bits per heavy atom. The van der Waals surface area contributed by atoms with Crippen molar-refractivity contribution in [2.45, 2.75) is 44.1 Å². The van der Waals surface area contributed by atoms with E-state index in [2.05, 4.69) is 6.07 Å². The fourth-order valence-electron chi connectivity index (χ4n) is 3.74. The van der Waals surface area contributed by atoms with Gasteiger partial charge in [-0.3, -0.25) is 9.59 Å². The van der Waals surface area contributed by atoms with Crippen LogP contribution in [-0.2, 0) is 20.7 Å². The molecule has 0 unspecified atom stereocenters. The highest BCUT2D eigenvalue weighted by Crippen LogP contribution is 2.34. The molecule has 5 heteroatoms. The lowest BCUT2D eigenvalue weighted by atomic mass is 9.81. The molecule has 23 heavy (non-hydrogen) atoms. The number of carboxylic acid groups (broad SMARTS) is 1. The molecule has 1 aliphatic heterocycles. The number of nitrogens with zero attached hydrogens (tertiary/aromatic N) is 1. The maximum Gasteiger partial charge on any atom is 0.323 e. The van der Waals surface area contributed by atoms with Gasteiger partial charge in [0.2, 0.25) is 5.91 Å². The van der Waals surface area contributed by atoms with E-state index in [-0.39, 0.29) is 24.4 Å². The smallest absolute Gasteiger partial charge is 0.323 e. The van der Waals surface area contributed by atoms with Crippen molar-refractivity contribution in [3.8, 4) is 0 Å². The van der Waals surface area contributed by atoms with Gasteiger partial charge in [-0.05, 0) is 43.2 Å². The fraction of sp³-hybridized carbons (Fsp3) is 0.556. The van der Waals surface area contributed by atoms with Crippen LogP contribution in [0.25, 0.3) is 0 Å². The first-order valence-corrected chi connectivity index (χ1v) is 8.34. The average molecular weight is 317 g/mol. The molecule has 2 aliphatic rings. The molecule has 1 aromatic carbocycles. The molecule has 0 radical (unpaired) electrons. The maximum absolute atomic E-state index is 13.1. The van der Waals surface area contributed by atoms with Crippen LogP contribution in [0.1, 0.15) is 42.7 Å². The van der Waals surface area contributed by atoms with Crippen LogP contribution < -0.4 is 0 Å². The second-order valence-corrected chi connectivity index (χ2v) is 6.35. The van der Waals surface area contributed by atoms with Gasteiger partial charge in [-0.2, -0.15) is 0 Å². The number of benzene rings is 1. The first-order chi connectivity index (χ1) is 11.2. The molecule has 124 valence electrons. The molecule has 1 saturated heterocycles. The lowest BCUT2D eigenvalue weighted by Crippen LogP contribution is -2.48. The predicted octanol–water partition coefficient (Wildman–Crippen LogP) is 2.20. The van der Waals surface area contributed by atoms with Crippen molar-refractivity contribution in [1.82, 2.24) is 4.90 Å². The van der Waals surface area contributed by atoms with Crippen LogP contribution in [0.4, 0.5) is 0 Å². The Morgan fingerprint density at radius 2 is 1.91 bits per heavy atom. The minimum absolute atomic E-state index is 0.0264. The number of carbonyl (C=O) groups excluding carboxylic acids is 1. The Hall–Kier alpha value is -1.88. The summed E-state index contributed by atoms with van der Waals surface area (Å²) in [6.07, 6.45) is 4.20. The third-order valence-corrected chi connectivity index (χ3v) is 4.89. The number of hydrogen-bond acceptors (Lipinski definition) is 3. The normalized spacial score (nSPS) is 21.5. The summed E-state index contributed by atoms with van der Waals surface area (Å²) in [4.78, 5) is 26.0. The molecule has 0 aromatic heterocycles. The SMILES string of the molecule is O=C(O)CN(C(=O)[C@H]1CCCc2ccccc21)C1CCOCC1. The molecule has 3 rings (SSSR count). The number of rotatable bonds is 4. The molecule has 0 bridgehead atoms. The van der Waals surface area contributed by atoms with Crippen LogP contribution in [-0.4, -0.2) is 47.7 Å². The van der Waals surface area contributed by atoms with Gasteiger partial charge in [0.1, 0.15) is 6.54 Å². The first kappa shape index (κ1) is 16.0. The van der Waals surface area contributed by atoms with Gasteiger partial charge in [0.05, 0.1) is 5.92 Å². The van der Waals surface area contributed by atoms with Crippen LogP contribution in [0.5, 0.6) is 0 Å². The summed E-state index contributed by atoms with van der Waals surface area (Å²) in [7, 11) is 0. The van der Waals surface area contributed by atoms with Crippen molar-refractivity contribution in [3.05, 3.63) is 35.4 Å². The molecule has 1 fully saturated rings. The second-order valence-electron chi connectivity index (χ2n) is 6.35. The summed E-state index contributed by atoms with van der Waals surface area (Å²) in [6, 6.07) is 8.02. The summed E-state index contributed by atoms with van der Waals surface area (Å²) in [5.41, 5.74) is 2.30. The van der Waals surface area contributed by atoms with E-state index in [1.165, 1.54) is 5.56 Å². The third kappa shape index (κ3) is 3.55. The van der Waals surface area contributed by atoms with Crippen molar-refractivity contribution in [2.24, 2.45) is 0 Å². The summed E-state index contributed by atoms with van der Waals surface area (Å²) >= 11 is 0. The van der Waals surface area contributed by atoms with Crippen molar-refractivity contribution >= 4 is 11.9 Å². The molecule has 0 spiro atoms. The van der Waals surface area contributed by atoms with Gasteiger partial charge >= 0.3 is 5.97 Å². The minimum atomic E-state index is -0.950. The Kier molecular flexibility index (Phi) is 4.96. The maximum atomic E-state index is 13.1. The van der Waals surface area contributed by atoms with Crippen LogP contribution in [0.3, 0.4) is 0 Å². The summed E-state index contributed by atoms with van der Waals surface area (Å²) < 4.78 is 5.35. The van der Waals surface area contributed by atoms with E-state index < -0.39 is 5.97 Å². The van der Waals surface area contributed by atoms with Crippen molar-refractivity contribution in [2.75, 3.05) is 19.8 Å². The van der Waals surface area contributed by atoms with Crippen LogP contribution in [0, 0.1) is 0 Å². The molecule has 1 aliphatic carbocycles. The van der Waals surface area contributed by atoms with Gasteiger partial charge in [0.25, 0.3) is 0 Å². The number of aryl methyl sites for hydroxylation is 1. The standard InChI is InChI=1S/C18H23NO4/c20-17(21)12-19(14-8-10-23-11-9-14)18(22)16-7-3-5-13-4-1-2-6-15(13)16/h1-2,4,6,14,16H,3,5,7-12H2,(H,20,21)/t16-/m0/s1. The van der Waals surface area contributed by atoms with Gasteiger partial charge in [0, 0.05) is 19.3 Å². The molecule has 5 nitrogen and oxygen atoms in total. The van der Waals surface area contributed by atoms with Crippen LogP contribution >= 0.6 is 0 Å². The molecular formula is C18H23NO4. The average Bonchev–Trinajstić information content (AvgIpc) is 2.59. The molecule has 1 amide bonds. The highest BCUT2D eigenvalue weighted by molar-refractivity contribution is 5.87. The molecule has 1 atom stereocenters. The Morgan fingerprint density at radius 3 is 2.65 bits per heavy atom. The van der Waals surface area contributed by atoms with Gasteiger partial charge in [-0.25, -0.2) is 0 Å². The van der Waals surface area contributed by atoms with Gasteiger partial charge in [0.15, 0.2) is 0 Å². The van der Waals surface area contributed by atoms with Gasteiger partial charge in [-0.1, -0.05) is 24.3 Å². The van der Waals surface area contributed by atoms with E-state index >= 15 is 0 Å². The van der Waals surface area contributed by atoms with Crippen molar-refractivity contribution < 1.29 is 19.4 Å². The van der Waals surface area contributed by atoms with Crippen LogP contribution in [0.15, 0.2) is 24.3 Å². The highest BCUT2D eigenvalue weighted by atomic mass is 16.5. The Balaban J connectivity index is 1.84. The fourth-order valence-corrected chi connectivity index (χ4v) is 3.74. The number of aliphatic carboxylic acids is 1. The van der Waals surface area contributed by atoms with E-state index in [0.29, 0.717) is 26.1 Å². The summed E-state index contributed by atoms with van der Waals surface area (Å²) in [5, 5.41) is 9.23. The number of hydrogen-bond donors (Lipinski definition) is 1. The van der Waals surface area contributed by atoms with Crippen molar-refractivity contribution in [1.29, 1.82) is 0 Å². The third-order valence-electron chi connectivity index (χ3n) is 4.89. The zero-order chi connectivity index (χ0) is 16.2. The summed E-state index contributed by atoms with van der Waals surface area (Å²) in [5.74, 6) is -1.19. The first-order valence-electron chi connectivity index (χ1n) is 8.34. The second kappa shape index (κ2) is 7.13. The molecule has 0 saturated carbocycles. The lowest BCUT2D eigenvalue weighted by molar-refractivity contribution is -0.148. The van der Waals surface area contributed by atoms with E-state index in [0.717, 1.165) is 24.8 Å². The van der Waals surface area contributed by atoms with Crippen LogP contribution in [0.2, 0.25) is 0 Å². The zero-order valence-electron chi connectivity index (χ0n) is 13.2. The topological polar surface area (TPSA) is 66.8 Å². The lowest BCUT2D eigenvalue weighted by Gasteiger charge is -2.37. The number of ether oxygens (including phenoxy) is 1. The van der Waals surface area contributed by atoms with E-state index in [1.807, 2.05) is 18.2 Å². The Bertz CT molecular complexity index is 580. The number of fused-ring (bicyclic) bond motifs is 1. The number of amides is 1. The monoisotopic (exact) mass is 317 g/mol. The Labute approximate surface area is 136 Å². The molecule has 1 aromatic rings. The highest BCUT2D eigenvalue weighted by Gasteiger charge is 2.34. The van der Waals surface area contributed by atoms with Gasteiger partial charge in [-0.15, -0.1) is 0 Å². The van der Waals surface area contributed by atoms with E-state index in [9.17, 15) is 14.7 Å². The summed E-state index contributed by atoms with van der Waals surface area (Å²) in [6.45, 7) is 0.965. The van der Waals surface area contributed by atoms with Crippen molar-refractivity contribution in [3.63, 3.8) is 0 Å². The molecular weight excluding hydrogens is 294 g/mol. The minimum Gasteiger partial charge on any atom is -0.480 e. The number of carboxylic acids is 1. The van der Waals surface area contributed by atoms with E-state index in [1.54, 1.807) is 4.90 Å². The predicted molar refractivity (Wildman–Crippen MR) is 85.3 cm³/mol. The zero-order valence-corrected chi connectivity index (χ0v) is 13.2. The largest absolute Gasteiger partial charge is 0.480 e. The molecule has 1 heterocycles. The number of carbonyl (C=O) groups is 2.